The van der Waals surface area contributed by atoms with E-state index < -0.39 is 16.1 Å². The van der Waals surface area contributed by atoms with Crippen LogP contribution in [0.4, 0.5) is 5.69 Å². The third-order valence-corrected chi connectivity index (χ3v) is 6.70. The Hall–Kier alpha value is -2.58. The number of nitrogens with one attached hydrogen (secondary N) is 1. The fourth-order valence-electron chi connectivity index (χ4n) is 3.34. The van der Waals surface area contributed by atoms with Crippen molar-refractivity contribution >= 4 is 21.6 Å². The van der Waals surface area contributed by atoms with Crippen molar-refractivity contribution < 1.29 is 22.7 Å². The zero-order valence-electron chi connectivity index (χ0n) is 14.8. The van der Waals surface area contributed by atoms with E-state index in [-0.39, 0.29) is 17.6 Å². The first-order valence-electron chi connectivity index (χ1n) is 8.74. The highest BCUT2D eigenvalue weighted by molar-refractivity contribution is 7.89. The van der Waals surface area contributed by atoms with E-state index in [1.807, 2.05) is 6.92 Å². The number of carbonyl (C=O) groups excluding carboxylic acids is 1. The molecule has 0 aromatic heterocycles. The first kappa shape index (κ1) is 17.8. The molecule has 27 heavy (non-hydrogen) atoms. The molecule has 0 spiro atoms. The van der Waals surface area contributed by atoms with Gasteiger partial charge in [-0.3, -0.25) is 4.79 Å². The second-order valence-corrected chi connectivity index (χ2v) is 8.53. The Balaban J connectivity index is 1.54. The van der Waals surface area contributed by atoms with Crippen molar-refractivity contribution in [1.29, 1.82) is 0 Å². The number of anilines is 1. The number of aryl methyl sites for hydroxylation is 1. The molecule has 2 aromatic carbocycles. The molecule has 2 aliphatic rings. The van der Waals surface area contributed by atoms with E-state index in [0.717, 1.165) is 5.56 Å². The predicted octanol–water partition coefficient (Wildman–Crippen LogP) is 2.52. The highest BCUT2D eigenvalue weighted by atomic mass is 32.2. The molecule has 0 bridgehead atoms. The van der Waals surface area contributed by atoms with Gasteiger partial charge in [-0.25, -0.2) is 8.42 Å². The standard InChI is InChI=1S/C19H20N2O5S/c1-13-4-7-15(8-5-13)27(23,24)21-10-2-3-16(21)19(22)20-14-6-9-17-18(11-14)26-12-25-17/h4-9,11,16H,2-3,10,12H2,1H3,(H,20,22)/t16-/m1/s1. The minimum Gasteiger partial charge on any atom is -0.454 e. The number of fused-ring (bicyclic) bond motifs is 1. The maximum atomic E-state index is 13.0. The summed E-state index contributed by atoms with van der Waals surface area (Å²) < 4.78 is 37.8. The van der Waals surface area contributed by atoms with Gasteiger partial charge in [0.2, 0.25) is 22.7 Å². The van der Waals surface area contributed by atoms with E-state index in [2.05, 4.69) is 5.32 Å². The Morgan fingerprint density at radius 1 is 1.11 bits per heavy atom. The van der Waals surface area contributed by atoms with Gasteiger partial charge in [0.1, 0.15) is 6.04 Å². The summed E-state index contributed by atoms with van der Waals surface area (Å²) in [6.45, 7) is 2.38. The van der Waals surface area contributed by atoms with E-state index in [4.69, 9.17) is 9.47 Å². The summed E-state index contributed by atoms with van der Waals surface area (Å²) in [4.78, 5) is 13.0. The van der Waals surface area contributed by atoms with Crippen LogP contribution in [0.2, 0.25) is 0 Å². The lowest BCUT2D eigenvalue weighted by molar-refractivity contribution is -0.119. The summed E-state index contributed by atoms with van der Waals surface area (Å²) in [6, 6.07) is 11.0. The summed E-state index contributed by atoms with van der Waals surface area (Å²) >= 11 is 0. The molecule has 8 heteroatoms. The van der Waals surface area contributed by atoms with Crippen LogP contribution >= 0.6 is 0 Å². The molecule has 0 saturated carbocycles. The Kier molecular flexibility index (Phi) is 4.53. The van der Waals surface area contributed by atoms with Crippen LogP contribution in [0.25, 0.3) is 0 Å². The third-order valence-electron chi connectivity index (χ3n) is 4.77. The van der Waals surface area contributed by atoms with E-state index in [0.29, 0.717) is 36.6 Å². The smallest absolute Gasteiger partial charge is 0.243 e. The SMILES string of the molecule is Cc1ccc(S(=O)(=O)N2CCC[C@@H]2C(=O)Nc2ccc3c(c2)OCO3)cc1. The lowest BCUT2D eigenvalue weighted by atomic mass is 10.2. The Bertz CT molecular complexity index is 972. The number of rotatable bonds is 4. The van der Waals surface area contributed by atoms with Crippen molar-refractivity contribution in [2.24, 2.45) is 0 Å². The van der Waals surface area contributed by atoms with Crippen LogP contribution in [0.5, 0.6) is 11.5 Å². The van der Waals surface area contributed by atoms with Crippen molar-refractivity contribution in [3.63, 3.8) is 0 Å². The van der Waals surface area contributed by atoms with Gasteiger partial charge in [0.05, 0.1) is 4.90 Å². The molecular formula is C19H20N2O5S. The predicted molar refractivity (Wildman–Crippen MR) is 99.3 cm³/mol. The minimum atomic E-state index is -3.72. The molecule has 2 aliphatic heterocycles. The van der Waals surface area contributed by atoms with E-state index in [1.165, 1.54) is 4.31 Å². The van der Waals surface area contributed by atoms with Crippen molar-refractivity contribution in [3.8, 4) is 11.5 Å². The van der Waals surface area contributed by atoms with E-state index in [9.17, 15) is 13.2 Å². The largest absolute Gasteiger partial charge is 0.454 e. The van der Waals surface area contributed by atoms with Crippen molar-refractivity contribution in [3.05, 3.63) is 48.0 Å². The third kappa shape index (κ3) is 3.38. The van der Waals surface area contributed by atoms with Crippen LogP contribution in [0.3, 0.4) is 0 Å². The van der Waals surface area contributed by atoms with Gasteiger partial charge in [0.25, 0.3) is 0 Å². The Morgan fingerprint density at radius 2 is 1.85 bits per heavy atom. The highest BCUT2D eigenvalue weighted by Gasteiger charge is 2.39. The molecule has 0 unspecified atom stereocenters. The molecule has 1 N–H and O–H groups in total. The van der Waals surface area contributed by atoms with Gasteiger partial charge in [0.15, 0.2) is 11.5 Å². The van der Waals surface area contributed by atoms with Crippen LogP contribution in [0.15, 0.2) is 47.4 Å². The van der Waals surface area contributed by atoms with Crippen LogP contribution < -0.4 is 14.8 Å². The number of carbonyl (C=O) groups is 1. The van der Waals surface area contributed by atoms with Crippen LogP contribution in [-0.2, 0) is 14.8 Å². The Morgan fingerprint density at radius 3 is 2.63 bits per heavy atom. The average Bonchev–Trinajstić information content (AvgIpc) is 3.31. The molecule has 0 aliphatic carbocycles. The molecular weight excluding hydrogens is 368 g/mol. The average molecular weight is 388 g/mol. The second kappa shape index (κ2) is 6.86. The maximum Gasteiger partial charge on any atom is 0.243 e. The maximum absolute atomic E-state index is 13.0. The number of hydrogen-bond acceptors (Lipinski definition) is 5. The van der Waals surface area contributed by atoms with Crippen LogP contribution in [0, 0.1) is 6.92 Å². The van der Waals surface area contributed by atoms with Gasteiger partial charge in [-0.2, -0.15) is 4.31 Å². The summed E-state index contributed by atoms with van der Waals surface area (Å²) in [5, 5.41) is 2.80. The lowest BCUT2D eigenvalue weighted by Crippen LogP contribution is -2.43. The molecule has 1 saturated heterocycles. The van der Waals surface area contributed by atoms with Crippen LogP contribution in [-0.4, -0.2) is 38.0 Å². The normalized spacial score (nSPS) is 19.2. The summed E-state index contributed by atoms with van der Waals surface area (Å²) in [5.41, 5.74) is 1.52. The fraction of sp³-hybridized carbons (Fsp3) is 0.316. The summed E-state index contributed by atoms with van der Waals surface area (Å²) in [6.07, 6.45) is 1.13. The Labute approximate surface area is 157 Å². The van der Waals surface area contributed by atoms with Gasteiger partial charge in [-0.05, 0) is 44.0 Å². The van der Waals surface area contributed by atoms with Gasteiger partial charge in [0, 0.05) is 18.3 Å². The molecule has 7 nitrogen and oxygen atoms in total. The molecule has 4 rings (SSSR count). The number of nitrogens with zero attached hydrogens (tertiary/aromatic N) is 1. The van der Waals surface area contributed by atoms with Gasteiger partial charge < -0.3 is 14.8 Å². The number of ether oxygens (including phenoxy) is 2. The number of benzene rings is 2. The second-order valence-electron chi connectivity index (χ2n) is 6.64. The van der Waals surface area contributed by atoms with Crippen molar-refractivity contribution in [1.82, 2.24) is 4.31 Å². The quantitative estimate of drug-likeness (QED) is 0.870. The topological polar surface area (TPSA) is 84.9 Å². The minimum absolute atomic E-state index is 0.151. The van der Waals surface area contributed by atoms with Gasteiger partial charge in [-0.1, -0.05) is 17.7 Å². The van der Waals surface area contributed by atoms with E-state index >= 15 is 0 Å². The summed E-state index contributed by atoms with van der Waals surface area (Å²) in [7, 11) is -3.72. The highest BCUT2D eigenvalue weighted by Crippen LogP contribution is 2.34. The molecule has 1 atom stereocenters. The number of amides is 1. The molecule has 2 aromatic rings. The summed E-state index contributed by atoms with van der Waals surface area (Å²) in [5.74, 6) is 0.836. The zero-order chi connectivity index (χ0) is 19.0. The van der Waals surface area contributed by atoms with Crippen molar-refractivity contribution in [2.45, 2.75) is 30.7 Å². The van der Waals surface area contributed by atoms with Gasteiger partial charge >= 0.3 is 0 Å². The molecule has 1 amide bonds. The zero-order valence-corrected chi connectivity index (χ0v) is 15.7. The molecule has 0 radical (unpaired) electrons. The number of hydrogen-bond donors (Lipinski definition) is 1. The monoisotopic (exact) mass is 388 g/mol. The first-order valence-corrected chi connectivity index (χ1v) is 10.2. The van der Waals surface area contributed by atoms with E-state index in [1.54, 1.807) is 42.5 Å². The lowest BCUT2D eigenvalue weighted by Gasteiger charge is -2.23. The first-order chi connectivity index (χ1) is 12.9. The van der Waals surface area contributed by atoms with Gasteiger partial charge in [-0.15, -0.1) is 0 Å². The molecule has 1 fully saturated rings. The molecule has 2 heterocycles. The van der Waals surface area contributed by atoms with Crippen LogP contribution in [0.1, 0.15) is 18.4 Å². The fourth-order valence-corrected chi connectivity index (χ4v) is 4.99. The molecule has 142 valence electrons. The van der Waals surface area contributed by atoms with Crippen molar-refractivity contribution in [2.75, 3.05) is 18.7 Å². The number of sulfonamides is 1.